The number of rotatable bonds is 3. The van der Waals surface area contributed by atoms with Crippen LogP contribution in [0.25, 0.3) is 0 Å². The summed E-state index contributed by atoms with van der Waals surface area (Å²) in [5.74, 6) is -2.53. The second-order valence-electron chi connectivity index (χ2n) is 4.08. The van der Waals surface area contributed by atoms with Crippen LogP contribution >= 0.6 is 23.2 Å². The van der Waals surface area contributed by atoms with E-state index in [4.69, 9.17) is 23.2 Å². The molecule has 0 fully saturated rings. The molecule has 0 saturated heterocycles. The van der Waals surface area contributed by atoms with Gasteiger partial charge in [-0.15, -0.1) is 0 Å². The lowest BCUT2D eigenvalue weighted by Gasteiger charge is -2.10. The van der Waals surface area contributed by atoms with E-state index in [0.717, 1.165) is 0 Å². The molecule has 0 aliphatic carbocycles. The fourth-order valence-corrected chi connectivity index (χ4v) is 2.19. The molecule has 2 nitrogen and oxygen atoms in total. The van der Waals surface area contributed by atoms with Crippen molar-refractivity contribution in [1.29, 1.82) is 5.26 Å². The predicted octanol–water partition coefficient (Wildman–Crippen LogP) is 4.62. The Morgan fingerprint density at radius 3 is 2.55 bits per heavy atom. The topological polar surface area (TPSA) is 40.9 Å². The third-order valence-electron chi connectivity index (χ3n) is 2.79. The molecule has 0 saturated carbocycles. The number of Topliss-reactive ketones (excluding diaryl/α,β-unsaturated/α-hetero) is 1. The van der Waals surface area contributed by atoms with E-state index in [9.17, 15) is 14.4 Å². The second-order valence-corrected chi connectivity index (χ2v) is 4.92. The van der Waals surface area contributed by atoms with E-state index >= 15 is 0 Å². The Bertz CT molecular complexity index is 709. The number of hydrogen-bond acceptors (Lipinski definition) is 2. The minimum Gasteiger partial charge on any atom is -0.292 e. The zero-order valence-corrected chi connectivity index (χ0v) is 11.6. The van der Waals surface area contributed by atoms with Crippen molar-refractivity contribution in [1.82, 2.24) is 0 Å². The molecule has 0 N–H and O–H groups in total. The maximum atomic E-state index is 13.9. The van der Waals surface area contributed by atoms with Crippen LogP contribution in [0.4, 0.5) is 4.39 Å². The molecule has 0 radical (unpaired) electrons. The molecule has 2 rings (SSSR count). The largest absolute Gasteiger partial charge is 0.292 e. The number of carbonyl (C=O) groups excluding carboxylic acids is 1. The van der Waals surface area contributed by atoms with Crippen LogP contribution in [-0.4, -0.2) is 5.78 Å². The van der Waals surface area contributed by atoms with Crippen LogP contribution in [0.5, 0.6) is 0 Å². The summed E-state index contributed by atoms with van der Waals surface area (Å²) < 4.78 is 13.9. The minimum atomic E-state index is -1.26. The summed E-state index contributed by atoms with van der Waals surface area (Å²) in [6, 6.07) is 12.2. The molecule has 100 valence electrons. The summed E-state index contributed by atoms with van der Waals surface area (Å²) in [5, 5.41) is 9.43. The molecular weight excluding hydrogens is 300 g/mol. The van der Waals surface area contributed by atoms with Crippen LogP contribution in [-0.2, 0) is 0 Å². The number of carbonyl (C=O) groups is 1. The van der Waals surface area contributed by atoms with E-state index in [1.165, 1.54) is 30.3 Å². The highest BCUT2D eigenvalue weighted by Crippen LogP contribution is 2.27. The molecule has 5 heteroatoms. The second kappa shape index (κ2) is 6.04. The number of hydrogen-bond donors (Lipinski definition) is 0. The van der Waals surface area contributed by atoms with Crippen molar-refractivity contribution in [3.05, 3.63) is 69.5 Å². The number of halogens is 3. The van der Waals surface area contributed by atoms with Crippen molar-refractivity contribution in [2.45, 2.75) is 5.92 Å². The first-order chi connectivity index (χ1) is 9.54. The molecule has 0 amide bonds. The smallest absolute Gasteiger partial charge is 0.184 e. The Hall–Kier alpha value is -1.89. The van der Waals surface area contributed by atoms with Crippen LogP contribution in [0, 0.1) is 17.1 Å². The number of ketones is 1. The van der Waals surface area contributed by atoms with E-state index in [1.54, 1.807) is 12.1 Å². The lowest BCUT2D eigenvalue weighted by atomic mass is 9.91. The molecular formula is C15H8Cl2FNO. The summed E-state index contributed by atoms with van der Waals surface area (Å²) in [7, 11) is 0. The molecule has 2 aromatic rings. The van der Waals surface area contributed by atoms with Gasteiger partial charge in [0, 0.05) is 16.1 Å². The highest BCUT2D eigenvalue weighted by Gasteiger charge is 2.25. The zero-order chi connectivity index (χ0) is 14.7. The van der Waals surface area contributed by atoms with Gasteiger partial charge in [-0.3, -0.25) is 4.79 Å². The molecule has 2 aromatic carbocycles. The fraction of sp³-hybridized carbons (Fsp3) is 0.0667. The average molecular weight is 308 g/mol. The fourth-order valence-electron chi connectivity index (χ4n) is 1.82. The van der Waals surface area contributed by atoms with Gasteiger partial charge in [0.2, 0.25) is 0 Å². The third kappa shape index (κ3) is 2.82. The van der Waals surface area contributed by atoms with E-state index in [-0.39, 0.29) is 16.1 Å². The number of benzene rings is 2. The first kappa shape index (κ1) is 14.5. The molecule has 0 aliphatic heterocycles. The SMILES string of the molecule is N#CC(C(=O)c1cccc(Cl)c1)c1cccc(Cl)c1F. The van der Waals surface area contributed by atoms with Crippen molar-refractivity contribution in [2.75, 3.05) is 0 Å². The average Bonchev–Trinajstić information content (AvgIpc) is 2.44. The summed E-state index contributed by atoms with van der Waals surface area (Å²) in [5.41, 5.74) is 0.216. The predicted molar refractivity (Wildman–Crippen MR) is 75.5 cm³/mol. The van der Waals surface area contributed by atoms with Crippen molar-refractivity contribution >= 4 is 29.0 Å². The summed E-state index contributed by atoms with van der Waals surface area (Å²) in [4.78, 5) is 12.3. The Labute approximate surface area is 125 Å². The van der Waals surface area contributed by atoms with Crippen LogP contribution in [0.15, 0.2) is 42.5 Å². The van der Waals surface area contributed by atoms with Gasteiger partial charge < -0.3 is 0 Å². The van der Waals surface area contributed by atoms with Gasteiger partial charge in [0.25, 0.3) is 0 Å². The summed E-state index contributed by atoms with van der Waals surface area (Å²) in [6.07, 6.45) is 0. The molecule has 20 heavy (non-hydrogen) atoms. The van der Waals surface area contributed by atoms with Crippen LogP contribution < -0.4 is 0 Å². The third-order valence-corrected chi connectivity index (χ3v) is 3.32. The van der Waals surface area contributed by atoms with Gasteiger partial charge in [-0.2, -0.15) is 5.26 Å². The molecule has 0 aromatic heterocycles. The van der Waals surface area contributed by atoms with Crippen LogP contribution in [0.2, 0.25) is 10.0 Å². The highest BCUT2D eigenvalue weighted by atomic mass is 35.5. The normalized spacial score (nSPS) is 11.7. The van der Waals surface area contributed by atoms with E-state index in [1.807, 2.05) is 6.07 Å². The van der Waals surface area contributed by atoms with Gasteiger partial charge in [0.1, 0.15) is 11.7 Å². The van der Waals surface area contributed by atoms with Crippen molar-refractivity contribution in [3.8, 4) is 6.07 Å². The minimum absolute atomic E-state index is 0.0371. The number of nitrogens with zero attached hydrogens (tertiary/aromatic N) is 1. The quantitative estimate of drug-likeness (QED) is 0.776. The Morgan fingerprint density at radius 1 is 1.20 bits per heavy atom. The maximum Gasteiger partial charge on any atom is 0.184 e. The van der Waals surface area contributed by atoms with Gasteiger partial charge in [0.05, 0.1) is 11.1 Å². The Morgan fingerprint density at radius 2 is 1.90 bits per heavy atom. The molecule has 1 atom stereocenters. The van der Waals surface area contributed by atoms with Crippen LogP contribution in [0.1, 0.15) is 21.8 Å². The van der Waals surface area contributed by atoms with Crippen molar-refractivity contribution in [3.63, 3.8) is 0 Å². The van der Waals surface area contributed by atoms with Gasteiger partial charge in [-0.25, -0.2) is 4.39 Å². The molecule has 1 unspecified atom stereocenters. The maximum absolute atomic E-state index is 13.9. The first-order valence-electron chi connectivity index (χ1n) is 5.68. The van der Waals surface area contributed by atoms with E-state index in [0.29, 0.717) is 5.02 Å². The number of nitriles is 1. The highest BCUT2D eigenvalue weighted by molar-refractivity contribution is 6.31. The molecule has 0 bridgehead atoms. The van der Waals surface area contributed by atoms with Crippen LogP contribution in [0.3, 0.4) is 0 Å². The lowest BCUT2D eigenvalue weighted by molar-refractivity contribution is 0.0977. The lowest BCUT2D eigenvalue weighted by Crippen LogP contribution is -2.13. The zero-order valence-electron chi connectivity index (χ0n) is 10.1. The van der Waals surface area contributed by atoms with Gasteiger partial charge >= 0.3 is 0 Å². The monoisotopic (exact) mass is 307 g/mol. The van der Waals surface area contributed by atoms with Gasteiger partial charge in [-0.05, 0) is 18.2 Å². The van der Waals surface area contributed by atoms with Crippen molar-refractivity contribution in [2.24, 2.45) is 0 Å². The Kier molecular flexibility index (Phi) is 4.39. The van der Waals surface area contributed by atoms with E-state index < -0.39 is 17.5 Å². The van der Waals surface area contributed by atoms with E-state index in [2.05, 4.69) is 0 Å². The first-order valence-corrected chi connectivity index (χ1v) is 6.43. The molecule has 0 heterocycles. The molecule has 0 aliphatic rings. The molecule has 0 spiro atoms. The standard InChI is InChI=1S/C15H8Cl2FNO/c16-10-4-1-3-9(7-10)15(20)12(8-19)11-5-2-6-13(17)14(11)18/h1-7,12H. The van der Waals surface area contributed by atoms with Gasteiger partial charge in [0.15, 0.2) is 5.78 Å². The van der Waals surface area contributed by atoms with Gasteiger partial charge in [-0.1, -0.05) is 47.5 Å². The van der Waals surface area contributed by atoms with Crippen molar-refractivity contribution < 1.29 is 9.18 Å². The Balaban J connectivity index is 2.46. The summed E-state index contributed by atoms with van der Waals surface area (Å²) in [6.45, 7) is 0. The summed E-state index contributed by atoms with van der Waals surface area (Å²) >= 11 is 11.5.